The lowest BCUT2D eigenvalue weighted by Gasteiger charge is -2.36. The summed E-state index contributed by atoms with van der Waals surface area (Å²) in [6.45, 7) is 11.6. The summed E-state index contributed by atoms with van der Waals surface area (Å²) in [5, 5.41) is 2.72. The van der Waals surface area contributed by atoms with Crippen molar-refractivity contribution >= 4 is 20.2 Å². The Morgan fingerprint density at radius 1 is 1.13 bits per heavy atom. The van der Waals surface area contributed by atoms with Gasteiger partial charge in [-0.1, -0.05) is 32.9 Å². The Labute approximate surface area is 176 Å². The number of nitrogens with zero attached hydrogens (tertiary/aromatic N) is 4. The van der Waals surface area contributed by atoms with E-state index in [2.05, 4.69) is 49.1 Å². The van der Waals surface area contributed by atoms with Gasteiger partial charge in [0.2, 0.25) is 0 Å². The number of anilines is 1. The van der Waals surface area contributed by atoms with Crippen LogP contribution in [0.4, 0.5) is 10.6 Å². The van der Waals surface area contributed by atoms with Crippen molar-refractivity contribution in [3.63, 3.8) is 0 Å². The van der Waals surface area contributed by atoms with Gasteiger partial charge >= 0.3 is 11.7 Å². The highest BCUT2D eigenvalue weighted by atomic mass is 28.4. The van der Waals surface area contributed by atoms with E-state index >= 15 is 0 Å². The number of imidazole rings is 1. The van der Waals surface area contributed by atoms with Gasteiger partial charge < -0.3 is 4.43 Å². The minimum absolute atomic E-state index is 0.154. The Bertz CT molecular complexity index is 1070. The van der Waals surface area contributed by atoms with Gasteiger partial charge in [0.15, 0.2) is 8.32 Å². The number of carbonyl (C=O) groups is 1. The third-order valence-electron chi connectivity index (χ3n) is 5.40. The normalized spacial score (nSPS) is 12.0. The summed E-state index contributed by atoms with van der Waals surface area (Å²) in [7, 11) is -1.82. The fraction of sp³-hybridized carbons (Fsp3) is 0.333. The molecule has 0 unspecified atom stereocenters. The Kier molecular flexibility index (Phi) is 6.04. The highest BCUT2D eigenvalue weighted by Gasteiger charge is 2.36. The third-order valence-corrected chi connectivity index (χ3v) is 9.88. The molecule has 2 aromatic heterocycles. The van der Waals surface area contributed by atoms with E-state index < -0.39 is 20.0 Å². The van der Waals surface area contributed by atoms with Crippen LogP contribution >= 0.6 is 0 Å². The van der Waals surface area contributed by atoms with Crippen molar-refractivity contribution in [2.24, 2.45) is 0 Å². The van der Waals surface area contributed by atoms with Crippen LogP contribution in [0.3, 0.4) is 0 Å². The maximum Gasteiger partial charge on any atom is 0.354 e. The second-order valence-electron chi connectivity index (χ2n) is 8.58. The molecule has 3 aromatic rings. The van der Waals surface area contributed by atoms with Crippen LogP contribution in [0.15, 0.2) is 60.0 Å². The first-order valence-corrected chi connectivity index (χ1v) is 12.6. The molecule has 8 nitrogen and oxygen atoms in total. The molecule has 0 atom stereocenters. The number of amides is 1. The standard InChI is InChI=1S/C21H27N5O3Si/c1-21(2,3)30(4,5)29-14-16-6-8-17(9-7-16)26-12-10-18(24-20(26)28)23-19(27)25-13-11-22-15-25/h6-13,15H,14H2,1-5H3,(H,23,24,27,28). The van der Waals surface area contributed by atoms with Crippen molar-refractivity contribution in [1.82, 2.24) is 19.1 Å². The molecule has 1 amide bonds. The highest BCUT2D eigenvalue weighted by molar-refractivity contribution is 6.74. The monoisotopic (exact) mass is 425 g/mol. The molecule has 3 rings (SSSR count). The lowest BCUT2D eigenvalue weighted by atomic mass is 10.2. The van der Waals surface area contributed by atoms with Crippen molar-refractivity contribution in [2.75, 3.05) is 5.32 Å². The van der Waals surface area contributed by atoms with Crippen molar-refractivity contribution in [3.8, 4) is 5.69 Å². The SMILES string of the molecule is CC(C)(C)[Si](C)(C)OCc1ccc(-n2ccc(NC(=O)n3ccnc3)nc2=O)cc1. The van der Waals surface area contributed by atoms with Gasteiger partial charge in [-0.15, -0.1) is 0 Å². The molecule has 0 saturated carbocycles. The number of nitrogens with one attached hydrogen (secondary N) is 1. The molecule has 0 bridgehead atoms. The van der Waals surface area contributed by atoms with Gasteiger partial charge in [0.05, 0.1) is 12.3 Å². The maximum atomic E-state index is 12.4. The van der Waals surface area contributed by atoms with Crippen LogP contribution in [0.1, 0.15) is 26.3 Å². The average Bonchev–Trinajstić information content (AvgIpc) is 3.21. The largest absolute Gasteiger partial charge is 0.413 e. The molecule has 2 heterocycles. The molecule has 1 aromatic carbocycles. The lowest BCUT2D eigenvalue weighted by molar-refractivity contribution is 0.253. The second kappa shape index (κ2) is 8.37. The quantitative estimate of drug-likeness (QED) is 0.623. The molecular weight excluding hydrogens is 398 g/mol. The summed E-state index contributed by atoms with van der Waals surface area (Å²) >= 11 is 0. The highest BCUT2D eigenvalue weighted by Crippen LogP contribution is 2.37. The minimum Gasteiger partial charge on any atom is -0.413 e. The lowest BCUT2D eigenvalue weighted by Crippen LogP contribution is -2.40. The van der Waals surface area contributed by atoms with E-state index in [1.807, 2.05) is 24.3 Å². The van der Waals surface area contributed by atoms with Crippen LogP contribution in [-0.4, -0.2) is 33.5 Å². The Balaban J connectivity index is 1.69. The minimum atomic E-state index is -1.82. The van der Waals surface area contributed by atoms with Gasteiger partial charge in [-0.05, 0) is 41.9 Å². The molecule has 0 aliphatic heterocycles. The predicted octanol–water partition coefficient (Wildman–Crippen LogP) is 4.03. The van der Waals surface area contributed by atoms with E-state index in [1.165, 1.54) is 27.9 Å². The van der Waals surface area contributed by atoms with Gasteiger partial charge in [0.1, 0.15) is 12.1 Å². The zero-order chi connectivity index (χ0) is 21.9. The number of rotatable bonds is 5. The van der Waals surface area contributed by atoms with Crippen LogP contribution in [-0.2, 0) is 11.0 Å². The summed E-state index contributed by atoms with van der Waals surface area (Å²) in [5.74, 6) is 0.175. The molecule has 30 heavy (non-hydrogen) atoms. The molecule has 0 saturated heterocycles. The molecule has 158 valence electrons. The van der Waals surface area contributed by atoms with Crippen LogP contribution in [0.5, 0.6) is 0 Å². The third kappa shape index (κ3) is 4.92. The molecule has 9 heteroatoms. The van der Waals surface area contributed by atoms with Crippen molar-refractivity contribution in [2.45, 2.75) is 45.5 Å². The maximum absolute atomic E-state index is 12.4. The fourth-order valence-electron chi connectivity index (χ4n) is 2.46. The zero-order valence-electron chi connectivity index (χ0n) is 17.9. The Morgan fingerprint density at radius 3 is 2.40 bits per heavy atom. The molecule has 0 spiro atoms. The average molecular weight is 426 g/mol. The molecule has 0 radical (unpaired) electrons. The number of aromatic nitrogens is 4. The summed E-state index contributed by atoms with van der Waals surface area (Å²) in [6.07, 6.45) is 5.95. The molecule has 0 aliphatic rings. The number of hydrogen-bond acceptors (Lipinski definition) is 5. The van der Waals surface area contributed by atoms with Gasteiger partial charge in [-0.25, -0.2) is 14.6 Å². The number of carbonyl (C=O) groups excluding carboxylic acids is 1. The van der Waals surface area contributed by atoms with Crippen LogP contribution in [0.2, 0.25) is 18.1 Å². The summed E-state index contributed by atoms with van der Waals surface area (Å²) in [5.41, 5.74) is 1.26. The van der Waals surface area contributed by atoms with Gasteiger partial charge in [-0.3, -0.25) is 14.5 Å². The second-order valence-corrected chi connectivity index (χ2v) is 13.4. The van der Waals surface area contributed by atoms with E-state index in [-0.39, 0.29) is 10.9 Å². The van der Waals surface area contributed by atoms with Crippen LogP contribution in [0.25, 0.3) is 5.69 Å². The first-order valence-electron chi connectivity index (χ1n) is 9.69. The predicted molar refractivity (Wildman–Crippen MR) is 118 cm³/mol. The molecule has 0 fully saturated rings. The Hall–Kier alpha value is -3.04. The number of hydrogen-bond donors (Lipinski definition) is 1. The summed E-state index contributed by atoms with van der Waals surface area (Å²) < 4.78 is 8.93. The zero-order valence-corrected chi connectivity index (χ0v) is 18.9. The molecule has 0 aliphatic carbocycles. The first kappa shape index (κ1) is 21.7. The van der Waals surface area contributed by atoms with E-state index in [1.54, 1.807) is 12.3 Å². The van der Waals surface area contributed by atoms with Gasteiger partial charge in [0.25, 0.3) is 0 Å². The van der Waals surface area contributed by atoms with E-state index in [0.29, 0.717) is 12.3 Å². The smallest absolute Gasteiger partial charge is 0.354 e. The van der Waals surface area contributed by atoms with Gasteiger partial charge in [0, 0.05) is 18.6 Å². The topological polar surface area (TPSA) is 91.0 Å². The van der Waals surface area contributed by atoms with E-state index in [0.717, 1.165) is 5.56 Å². The Morgan fingerprint density at radius 2 is 1.83 bits per heavy atom. The first-order chi connectivity index (χ1) is 14.1. The van der Waals surface area contributed by atoms with E-state index in [4.69, 9.17) is 4.43 Å². The van der Waals surface area contributed by atoms with Crippen LogP contribution in [0, 0.1) is 0 Å². The summed E-state index contributed by atoms with van der Waals surface area (Å²) in [6, 6.07) is 8.75. The van der Waals surface area contributed by atoms with Crippen LogP contribution < -0.4 is 11.0 Å². The fourth-order valence-corrected chi connectivity index (χ4v) is 3.42. The summed E-state index contributed by atoms with van der Waals surface area (Å²) in [4.78, 5) is 32.2. The molecule has 1 N–H and O–H groups in total. The van der Waals surface area contributed by atoms with Crippen molar-refractivity contribution in [1.29, 1.82) is 0 Å². The van der Waals surface area contributed by atoms with E-state index in [9.17, 15) is 9.59 Å². The number of benzene rings is 1. The van der Waals surface area contributed by atoms with Crippen molar-refractivity contribution < 1.29 is 9.22 Å². The molecular formula is C21H27N5O3Si. The van der Waals surface area contributed by atoms with Crippen molar-refractivity contribution in [3.05, 3.63) is 71.3 Å². The van der Waals surface area contributed by atoms with Gasteiger partial charge in [-0.2, -0.15) is 4.98 Å².